The summed E-state index contributed by atoms with van der Waals surface area (Å²) in [4.78, 5) is 106. The predicted molar refractivity (Wildman–Crippen MR) is 235 cm³/mol. The lowest BCUT2D eigenvalue weighted by Gasteiger charge is -2.41. The van der Waals surface area contributed by atoms with Crippen molar-refractivity contribution < 1.29 is 62.1 Å². The van der Waals surface area contributed by atoms with Crippen molar-refractivity contribution >= 4 is 65.3 Å². The van der Waals surface area contributed by atoms with E-state index in [1.165, 1.54) is 6.07 Å². The highest BCUT2D eigenvalue weighted by Gasteiger charge is 2.50. The van der Waals surface area contributed by atoms with E-state index in [0.717, 1.165) is 0 Å². The Morgan fingerprint density at radius 1 is 0.955 bits per heavy atom. The molecule has 21 heteroatoms. The Morgan fingerprint density at radius 3 is 2.36 bits per heavy atom. The molecule has 3 atom stereocenters. The Morgan fingerprint density at radius 2 is 1.65 bits per heavy atom. The predicted octanol–water partition coefficient (Wildman–Crippen LogP) is -0.632. The van der Waals surface area contributed by atoms with Crippen molar-refractivity contribution in [2.75, 3.05) is 59.3 Å². The molecule has 1 aliphatic carbocycles. The van der Waals surface area contributed by atoms with Crippen LogP contribution in [-0.2, 0) is 65.4 Å². The molecule has 5 rings (SSSR count). The van der Waals surface area contributed by atoms with Crippen LogP contribution in [0, 0.1) is 12.7 Å². The van der Waals surface area contributed by atoms with Crippen molar-refractivity contribution in [1.29, 1.82) is 0 Å². The van der Waals surface area contributed by atoms with Crippen LogP contribution in [0.5, 0.6) is 0 Å². The van der Waals surface area contributed by atoms with Gasteiger partial charge >= 0.3 is 5.97 Å². The number of benzene rings is 2. The Balaban J connectivity index is 1.18. The van der Waals surface area contributed by atoms with Crippen LogP contribution in [0.25, 0.3) is 5.57 Å². The highest BCUT2D eigenvalue weighted by Crippen LogP contribution is 2.47. The molecular formula is C45H55FN8O12. The Bertz CT molecular complexity index is 2300. The van der Waals surface area contributed by atoms with E-state index in [9.17, 15) is 43.5 Å². The summed E-state index contributed by atoms with van der Waals surface area (Å²) in [7, 11) is 0. The normalized spacial score (nSPS) is 19.2. The molecule has 0 fully saturated rings. The quantitative estimate of drug-likeness (QED) is 0.0337. The maximum atomic E-state index is 15.1. The van der Waals surface area contributed by atoms with Gasteiger partial charge in [0.2, 0.25) is 35.4 Å². The number of aliphatic imine (C=N–C) groups is 1. The second-order valence-corrected chi connectivity index (χ2v) is 15.5. The molecule has 0 saturated heterocycles. The van der Waals surface area contributed by atoms with Gasteiger partial charge in [0.15, 0.2) is 5.60 Å². The topological polar surface area (TPSA) is 281 Å². The number of hydrogen-bond acceptors (Lipinski definition) is 13. The summed E-state index contributed by atoms with van der Waals surface area (Å²) < 4.78 is 30.9. The van der Waals surface area contributed by atoms with Crippen molar-refractivity contribution in [1.82, 2.24) is 37.2 Å². The maximum Gasteiger partial charge on any atom is 0.343 e. The maximum absolute atomic E-state index is 15.1. The number of carbonyl (C=O) groups is 8. The van der Waals surface area contributed by atoms with Gasteiger partial charge < -0.3 is 56.5 Å². The van der Waals surface area contributed by atoms with Crippen molar-refractivity contribution in [2.24, 2.45) is 4.99 Å². The van der Waals surface area contributed by atoms with Crippen LogP contribution in [0.3, 0.4) is 0 Å². The molecule has 0 radical (unpaired) electrons. The summed E-state index contributed by atoms with van der Waals surface area (Å²) in [6, 6.07) is 8.01. The monoisotopic (exact) mass is 918 g/mol. The molecule has 2 aromatic rings. The lowest BCUT2D eigenvalue weighted by atomic mass is 9.72. The fourth-order valence-electron chi connectivity index (χ4n) is 7.83. The molecule has 354 valence electrons. The number of rotatable bonds is 21. The van der Waals surface area contributed by atoms with Crippen molar-refractivity contribution in [3.63, 3.8) is 0 Å². The number of cyclic esters (lactones) is 1. The van der Waals surface area contributed by atoms with Crippen LogP contribution in [0.4, 0.5) is 10.1 Å². The van der Waals surface area contributed by atoms with Crippen LogP contribution in [0.1, 0.15) is 55.4 Å². The largest absolute Gasteiger partial charge is 0.458 e. The molecule has 66 heavy (non-hydrogen) atoms. The first-order chi connectivity index (χ1) is 31.6. The second-order valence-electron chi connectivity index (χ2n) is 15.5. The lowest BCUT2D eigenvalue weighted by Crippen LogP contribution is -2.53. The smallest absolute Gasteiger partial charge is 0.343 e. The molecule has 20 nitrogen and oxygen atoms in total. The van der Waals surface area contributed by atoms with Crippen LogP contribution >= 0.6 is 0 Å². The highest BCUT2D eigenvalue weighted by molar-refractivity contribution is 6.04. The summed E-state index contributed by atoms with van der Waals surface area (Å²) in [6.45, 7) is 6.31. The Labute approximate surface area is 379 Å². The number of fused-ring (bicyclic) bond motifs is 1. The first kappa shape index (κ1) is 50.2. The zero-order chi connectivity index (χ0) is 48.0. The molecule has 0 unspecified atom stereocenters. The van der Waals surface area contributed by atoms with E-state index in [2.05, 4.69) is 48.9 Å². The number of ether oxygens (including phenoxy) is 3. The second kappa shape index (κ2) is 23.4. The van der Waals surface area contributed by atoms with Crippen LogP contribution in [0.2, 0.25) is 0 Å². The zero-order valence-corrected chi connectivity index (χ0v) is 37.0. The van der Waals surface area contributed by atoms with E-state index in [1.54, 1.807) is 51.1 Å². The van der Waals surface area contributed by atoms with Gasteiger partial charge in [-0.3, -0.25) is 38.6 Å². The van der Waals surface area contributed by atoms with Gasteiger partial charge in [-0.2, -0.15) is 0 Å². The Hall–Kier alpha value is -6.84. The molecule has 7 amide bonds. The number of carbonyl (C=O) groups excluding carboxylic acids is 8. The van der Waals surface area contributed by atoms with Gasteiger partial charge in [0.25, 0.3) is 5.91 Å². The summed E-state index contributed by atoms with van der Waals surface area (Å²) in [5, 5.41) is 29.6. The van der Waals surface area contributed by atoms with E-state index in [0.29, 0.717) is 46.4 Å². The van der Waals surface area contributed by atoms with Crippen LogP contribution < -0.4 is 37.2 Å². The van der Waals surface area contributed by atoms with Crippen molar-refractivity contribution in [2.45, 2.75) is 70.6 Å². The molecular weight excluding hydrogens is 864 g/mol. The van der Waals surface area contributed by atoms with E-state index >= 15 is 4.39 Å². The van der Waals surface area contributed by atoms with Crippen LogP contribution in [0.15, 0.2) is 58.1 Å². The van der Waals surface area contributed by atoms with Gasteiger partial charge in [0.05, 0.1) is 43.5 Å². The third-order valence-electron chi connectivity index (χ3n) is 11.2. The molecule has 0 saturated carbocycles. The SMILES string of the molecule is C=Nc1cc(F)c(C)c2c1C(=C1CNC(=O)C3=C1[C@@](O)(CC)C(=O)OC3)[C@@H](NC(=O)COCNC(=O)CNC(=O)[C@H](Cc1ccccc1)NC(=O)CNC(=O)CNC(=O)CCOCC)CC2. The van der Waals surface area contributed by atoms with Gasteiger partial charge in [-0.1, -0.05) is 37.3 Å². The number of halogens is 1. The van der Waals surface area contributed by atoms with Gasteiger partial charge in [0.1, 0.15) is 31.8 Å². The summed E-state index contributed by atoms with van der Waals surface area (Å²) in [6.07, 6.45) is 0.527. The molecule has 2 aliphatic heterocycles. The molecule has 0 bridgehead atoms. The van der Waals surface area contributed by atoms with Gasteiger partial charge in [-0.15, -0.1) is 0 Å². The first-order valence-electron chi connectivity index (χ1n) is 21.4. The minimum absolute atomic E-state index is 0.0402. The molecule has 0 aromatic heterocycles. The summed E-state index contributed by atoms with van der Waals surface area (Å²) in [5.41, 5.74) is 0.854. The van der Waals surface area contributed by atoms with Gasteiger partial charge in [-0.25, -0.2) is 9.18 Å². The number of aliphatic hydroxyl groups is 1. The molecule has 8 N–H and O–H groups in total. The summed E-state index contributed by atoms with van der Waals surface area (Å²) in [5.74, 6) is -5.75. The molecule has 3 aliphatic rings. The third kappa shape index (κ3) is 12.5. The van der Waals surface area contributed by atoms with Crippen molar-refractivity contribution in [3.8, 4) is 0 Å². The standard InChI is InChI=1S/C45H55FN8O12/c1-5-45(63)41-28(18-50-42(60)29(41)22-66-44(45)62)40-31(13-12-27-25(3)30(46)17-32(47-4)39(27)40)53-38(59)23-65-24-52-36(57)20-51-43(61)33(16-26-10-8-7-9-11-26)54-37(58)21-49-35(56)19-48-34(55)14-15-64-6-2/h7-11,17,31,33,63H,4-6,12-16,18-24H2,1-3H3,(H,48,55)(H,49,56)(H,50,60)(H,51,61)(H,52,57)(H,53,59)(H,54,58)/t31-,33-,45-/m0/s1. The van der Waals surface area contributed by atoms with Gasteiger partial charge in [0, 0.05) is 43.2 Å². The fourth-order valence-corrected chi connectivity index (χ4v) is 7.83. The molecule has 0 spiro atoms. The zero-order valence-electron chi connectivity index (χ0n) is 37.0. The highest BCUT2D eigenvalue weighted by atomic mass is 19.1. The lowest BCUT2D eigenvalue weighted by molar-refractivity contribution is -0.163. The van der Waals surface area contributed by atoms with E-state index in [1.807, 2.05) is 0 Å². The van der Waals surface area contributed by atoms with Crippen LogP contribution in [-0.4, -0.2) is 136 Å². The number of amides is 7. The van der Waals surface area contributed by atoms with Gasteiger partial charge in [-0.05, 0) is 67.7 Å². The number of hydrogen-bond donors (Lipinski definition) is 8. The molecule has 2 aromatic carbocycles. The number of nitrogens with zero attached hydrogens (tertiary/aromatic N) is 1. The average Bonchev–Trinajstić information content (AvgIpc) is 3.31. The summed E-state index contributed by atoms with van der Waals surface area (Å²) >= 11 is 0. The van der Waals surface area contributed by atoms with E-state index in [4.69, 9.17) is 14.2 Å². The van der Waals surface area contributed by atoms with E-state index < -0.39 is 104 Å². The van der Waals surface area contributed by atoms with Crippen molar-refractivity contribution in [3.05, 3.63) is 81.2 Å². The third-order valence-corrected chi connectivity index (χ3v) is 11.2. The van der Waals surface area contributed by atoms with E-state index in [-0.39, 0.29) is 62.2 Å². The number of esters is 1. The average molecular weight is 919 g/mol. The fraction of sp³-hybridized carbons (Fsp3) is 0.444. The minimum atomic E-state index is -2.19. The Kier molecular flexibility index (Phi) is 17.8. The minimum Gasteiger partial charge on any atom is -0.458 e. The molecule has 2 heterocycles. The first-order valence-corrected chi connectivity index (χ1v) is 21.4. The number of nitrogens with one attached hydrogen (secondary N) is 7.